The second kappa shape index (κ2) is 7.78. The maximum absolute atomic E-state index is 11.7. The Morgan fingerprint density at radius 2 is 2.08 bits per heavy atom. The van der Waals surface area contributed by atoms with Gasteiger partial charge in [0.25, 0.3) is 5.69 Å². The van der Waals surface area contributed by atoms with E-state index in [1.807, 2.05) is 6.92 Å². The van der Waals surface area contributed by atoms with Gasteiger partial charge in [-0.05, 0) is 30.5 Å². The van der Waals surface area contributed by atoms with Gasteiger partial charge in [-0.25, -0.2) is 0 Å². The summed E-state index contributed by atoms with van der Waals surface area (Å²) in [5.74, 6) is -0.287. The first-order chi connectivity index (χ1) is 11.5. The molecule has 1 amide bonds. The number of unbranched alkanes of at least 4 members (excludes halogenated alkanes) is 1. The third-order valence-electron chi connectivity index (χ3n) is 3.91. The number of nitrogens with zero attached hydrogens (tertiary/aromatic N) is 1. The van der Waals surface area contributed by atoms with Gasteiger partial charge in [0.1, 0.15) is 6.10 Å². The average molecular weight is 335 g/mol. The van der Waals surface area contributed by atoms with Crippen LogP contribution in [0.4, 0.5) is 5.69 Å². The summed E-state index contributed by atoms with van der Waals surface area (Å²) in [5, 5.41) is 23.3. The normalized spacial score (nSPS) is 21.8. The van der Waals surface area contributed by atoms with Gasteiger partial charge < -0.3 is 20.9 Å². The van der Waals surface area contributed by atoms with Crippen molar-refractivity contribution in [2.45, 2.75) is 38.3 Å². The first-order valence-electron chi connectivity index (χ1n) is 7.79. The molecule has 0 spiro atoms. The summed E-state index contributed by atoms with van der Waals surface area (Å²) < 4.78 is 5.81. The van der Waals surface area contributed by atoms with Crippen molar-refractivity contribution in [1.29, 1.82) is 0 Å². The fourth-order valence-corrected chi connectivity index (χ4v) is 2.58. The number of aliphatic hydroxyl groups excluding tert-OH is 1. The van der Waals surface area contributed by atoms with Crippen LogP contribution in [0.15, 0.2) is 35.7 Å². The molecule has 2 unspecified atom stereocenters. The standard InChI is InChI=1S/C16H21N3O5/c1-2-3-4-12(15(17)21)16-18-13(9-20)14(24-16)10-5-7-11(8-6-10)19(22)23/h5-8,13-14,18,20H,2-4,9H2,1H3,(H2,17,21)/b16-12+. The van der Waals surface area contributed by atoms with Gasteiger partial charge in [-0.2, -0.15) is 0 Å². The molecule has 0 saturated carbocycles. The minimum Gasteiger partial charge on any atom is -0.468 e. The van der Waals surface area contributed by atoms with Gasteiger partial charge in [0, 0.05) is 12.1 Å². The van der Waals surface area contributed by atoms with Crippen molar-refractivity contribution in [3.63, 3.8) is 0 Å². The van der Waals surface area contributed by atoms with Gasteiger partial charge in [-0.3, -0.25) is 14.9 Å². The molecule has 4 N–H and O–H groups in total. The molecule has 130 valence electrons. The molecule has 1 aliphatic heterocycles. The lowest BCUT2D eigenvalue weighted by molar-refractivity contribution is -0.384. The fraction of sp³-hybridized carbons (Fsp3) is 0.438. The summed E-state index contributed by atoms with van der Waals surface area (Å²) in [6.45, 7) is 1.79. The molecule has 8 heteroatoms. The van der Waals surface area contributed by atoms with E-state index in [1.54, 1.807) is 12.1 Å². The van der Waals surface area contributed by atoms with Crippen LogP contribution in [0.25, 0.3) is 0 Å². The lowest BCUT2D eigenvalue weighted by Gasteiger charge is -2.15. The van der Waals surface area contributed by atoms with Gasteiger partial charge in [0.2, 0.25) is 5.91 Å². The van der Waals surface area contributed by atoms with Crippen LogP contribution in [-0.2, 0) is 9.53 Å². The van der Waals surface area contributed by atoms with Crippen LogP contribution in [0.3, 0.4) is 0 Å². The molecular formula is C16H21N3O5. The summed E-state index contributed by atoms with van der Waals surface area (Å²) in [5.41, 5.74) is 6.43. The summed E-state index contributed by atoms with van der Waals surface area (Å²) in [4.78, 5) is 21.9. The molecule has 1 aromatic rings. The molecule has 8 nitrogen and oxygen atoms in total. The maximum Gasteiger partial charge on any atom is 0.269 e. The third kappa shape index (κ3) is 3.83. The van der Waals surface area contributed by atoms with Crippen molar-refractivity contribution in [2.24, 2.45) is 5.73 Å². The van der Waals surface area contributed by atoms with E-state index in [0.717, 1.165) is 12.8 Å². The largest absolute Gasteiger partial charge is 0.468 e. The molecule has 1 fully saturated rings. The van der Waals surface area contributed by atoms with Crippen LogP contribution in [-0.4, -0.2) is 28.6 Å². The molecule has 0 radical (unpaired) electrons. The van der Waals surface area contributed by atoms with E-state index in [-0.39, 0.29) is 18.2 Å². The van der Waals surface area contributed by atoms with Crippen LogP contribution in [0.5, 0.6) is 0 Å². The SMILES string of the molecule is CCCC/C(C(N)=O)=C1/NC(CO)C(c2ccc([N+](=O)[O-])cc2)O1. The van der Waals surface area contributed by atoms with Crippen LogP contribution >= 0.6 is 0 Å². The Bertz CT molecular complexity index is 642. The van der Waals surface area contributed by atoms with E-state index < -0.39 is 23.0 Å². The quantitative estimate of drug-likeness (QED) is 0.393. The van der Waals surface area contributed by atoms with E-state index in [0.29, 0.717) is 17.6 Å². The number of amides is 1. The Hall–Kier alpha value is -2.61. The highest BCUT2D eigenvalue weighted by atomic mass is 16.6. The number of nitro groups is 1. The molecule has 0 bridgehead atoms. The number of ether oxygens (including phenoxy) is 1. The number of non-ortho nitro benzene ring substituents is 1. The number of carbonyl (C=O) groups is 1. The Balaban J connectivity index is 2.27. The monoisotopic (exact) mass is 335 g/mol. The predicted molar refractivity (Wildman–Crippen MR) is 86.7 cm³/mol. The minimum atomic E-state index is -0.563. The number of nitrogens with two attached hydrogens (primary N) is 1. The van der Waals surface area contributed by atoms with Crippen LogP contribution in [0.2, 0.25) is 0 Å². The Morgan fingerprint density at radius 1 is 1.42 bits per heavy atom. The first kappa shape index (κ1) is 17.7. The number of benzene rings is 1. The van der Waals surface area contributed by atoms with Crippen LogP contribution in [0, 0.1) is 10.1 Å². The fourth-order valence-electron chi connectivity index (χ4n) is 2.58. The second-order valence-electron chi connectivity index (χ2n) is 5.60. The molecule has 2 atom stereocenters. The zero-order valence-electron chi connectivity index (χ0n) is 13.4. The van der Waals surface area contributed by atoms with Crippen molar-refractivity contribution >= 4 is 11.6 Å². The number of carbonyl (C=O) groups excluding carboxylic acids is 1. The number of rotatable bonds is 7. The summed E-state index contributed by atoms with van der Waals surface area (Å²) >= 11 is 0. The molecule has 0 aliphatic carbocycles. The Labute approximate surface area is 139 Å². The van der Waals surface area contributed by atoms with Gasteiger partial charge in [-0.15, -0.1) is 0 Å². The summed E-state index contributed by atoms with van der Waals surface area (Å²) in [6, 6.07) is 5.44. The van der Waals surface area contributed by atoms with Crippen LogP contribution in [0.1, 0.15) is 37.9 Å². The van der Waals surface area contributed by atoms with E-state index >= 15 is 0 Å². The van der Waals surface area contributed by atoms with Gasteiger partial charge in [-0.1, -0.05) is 13.3 Å². The lowest BCUT2D eigenvalue weighted by Crippen LogP contribution is -2.30. The van der Waals surface area contributed by atoms with Crippen molar-refractivity contribution in [3.8, 4) is 0 Å². The van der Waals surface area contributed by atoms with Crippen LogP contribution < -0.4 is 11.1 Å². The van der Waals surface area contributed by atoms with Gasteiger partial charge >= 0.3 is 0 Å². The topological polar surface area (TPSA) is 128 Å². The number of hydrogen-bond acceptors (Lipinski definition) is 6. The minimum absolute atomic E-state index is 0.0261. The van der Waals surface area contributed by atoms with Crippen molar-refractivity contribution in [3.05, 3.63) is 51.4 Å². The highest BCUT2D eigenvalue weighted by Gasteiger charge is 2.35. The number of primary amides is 1. The molecule has 24 heavy (non-hydrogen) atoms. The van der Waals surface area contributed by atoms with Crippen molar-refractivity contribution < 1.29 is 19.6 Å². The Kier molecular flexibility index (Phi) is 5.75. The van der Waals surface area contributed by atoms with E-state index in [9.17, 15) is 20.0 Å². The van der Waals surface area contributed by atoms with Crippen molar-refractivity contribution in [1.82, 2.24) is 5.32 Å². The summed E-state index contributed by atoms with van der Waals surface area (Å²) in [7, 11) is 0. The Morgan fingerprint density at radius 3 is 2.58 bits per heavy atom. The van der Waals surface area contributed by atoms with Gasteiger partial charge in [0.05, 0.1) is 23.1 Å². The lowest BCUT2D eigenvalue weighted by atomic mass is 10.0. The molecule has 2 rings (SSSR count). The first-order valence-corrected chi connectivity index (χ1v) is 7.79. The molecule has 1 saturated heterocycles. The smallest absolute Gasteiger partial charge is 0.269 e. The van der Waals surface area contributed by atoms with E-state index in [1.165, 1.54) is 12.1 Å². The molecular weight excluding hydrogens is 314 g/mol. The molecule has 1 aromatic carbocycles. The summed E-state index contributed by atoms with van der Waals surface area (Å²) in [6.07, 6.45) is 1.62. The zero-order chi connectivity index (χ0) is 17.7. The highest BCUT2D eigenvalue weighted by molar-refractivity contribution is 5.92. The van der Waals surface area contributed by atoms with E-state index in [2.05, 4.69) is 5.32 Å². The average Bonchev–Trinajstić information content (AvgIpc) is 2.99. The molecule has 0 aromatic heterocycles. The van der Waals surface area contributed by atoms with Crippen molar-refractivity contribution in [2.75, 3.05) is 6.61 Å². The highest BCUT2D eigenvalue weighted by Crippen LogP contribution is 2.32. The number of nitro benzene ring substituents is 1. The number of nitrogens with one attached hydrogen (secondary N) is 1. The van der Waals surface area contributed by atoms with E-state index in [4.69, 9.17) is 10.5 Å². The third-order valence-corrected chi connectivity index (χ3v) is 3.91. The maximum atomic E-state index is 11.7. The second-order valence-corrected chi connectivity index (χ2v) is 5.60. The van der Waals surface area contributed by atoms with Gasteiger partial charge in [0.15, 0.2) is 5.88 Å². The number of hydrogen-bond donors (Lipinski definition) is 3. The molecule has 1 heterocycles. The predicted octanol–water partition coefficient (Wildman–Crippen LogP) is 1.50. The molecule has 1 aliphatic rings. The zero-order valence-corrected chi connectivity index (χ0v) is 13.4. The number of aliphatic hydroxyl groups is 1.